The summed E-state index contributed by atoms with van der Waals surface area (Å²) in [6, 6.07) is 18.7. The average Bonchev–Trinajstić information content (AvgIpc) is 2.57. The Morgan fingerprint density at radius 3 is 2.09 bits per heavy atom. The standard InChI is InChI=1S/C20H23NO/c1-21-15-13-20(14-16-21)22-19-11-9-18(10-12-19)8-7-17-5-3-2-4-6-17/h2-12,20H,13-16H2,1H3/b8-7+. The molecule has 114 valence electrons. The van der Waals surface area contributed by atoms with Gasteiger partial charge in [-0.3, -0.25) is 0 Å². The second-order valence-corrected chi connectivity index (χ2v) is 5.93. The van der Waals surface area contributed by atoms with E-state index in [9.17, 15) is 0 Å². The Hall–Kier alpha value is -2.06. The molecule has 0 amide bonds. The third-order valence-corrected chi connectivity index (χ3v) is 4.12. The fourth-order valence-electron chi connectivity index (χ4n) is 2.71. The second kappa shape index (κ2) is 7.28. The number of benzene rings is 2. The summed E-state index contributed by atoms with van der Waals surface area (Å²) in [5.74, 6) is 0.978. The molecule has 3 rings (SSSR count). The largest absolute Gasteiger partial charge is 0.490 e. The molecule has 0 unspecified atom stereocenters. The van der Waals surface area contributed by atoms with E-state index in [0.717, 1.165) is 31.7 Å². The summed E-state index contributed by atoms with van der Waals surface area (Å²) >= 11 is 0. The van der Waals surface area contributed by atoms with Gasteiger partial charge in [-0.2, -0.15) is 0 Å². The van der Waals surface area contributed by atoms with Crippen LogP contribution in [0.1, 0.15) is 24.0 Å². The van der Waals surface area contributed by atoms with E-state index in [1.54, 1.807) is 0 Å². The molecule has 0 atom stereocenters. The molecule has 2 nitrogen and oxygen atoms in total. The van der Waals surface area contributed by atoms with Crippen molar-refractivity contribution < 1.29 is 4.74 Å². The van der Waals surface area contributed by atoms with Crippen LogP contribution in [0.25, 0.3) is 12.2 Å². The number of hydrogen-bond donors (Lipinski definition) is 0. The first-order valence-corrected chi connectivity index (χ1v) is 7.98. The molecule has 0 radical (unpaired) electrons. The molecular formula is C20H23NO. The lowest BCUT2D eigenvalue weighted by Gasteiger charge is -2.29. The molecule has 2 aromatic rings. The van der Waals surface area contributed by atoms with Gasteiger partial charge in [-0.1, -0.05) is 54.6 Å². The van der Waals surface area contributed by atoms with E-state index in [2.05, 4.69) is 72.6 Å². The molecule has 0 aromatic heterocycles. The third kappa shape index (κ3) is 4.22. The van der Waals surface area contributed by atoms with E-state index < -0.39 is 0 Å². The van der Waals surface area contributed by atoms with Crippen molar-refractivity contribution in [3.8, 4) is 5.75 Å². The van der Waals surface area contributed by atoms with Gasteiger partial charge in [-0.15, -0.1) is 0 Å². The fraction of sp³-hybridized carbons (Fsp3) is 0.300. The summed E-state index contributed by atoms with van der Waals surface area (Å²) in [7, 11) is 2.17. The summed E-state index contributed by atoms with van der Waals surface area (Å²) in [5, 5.41) is 0. The van der Waals surface area contributed by atoms with Crippen molar-refractivity contribution in [2.75, 3.05) is 20.1 Å². The lowest BCUT2D eigenvalue weighted by atomic mass is 10.1. The van der Waals surface area contributed by atoms with Crippen LogP contribution in [0.15, 0.2) is 54.6 Å². The molecule has 2 aromatic carbocycles. The van der Waals surface area contributed by atoms with Crippen LogP contribution in [0, 0.1) is 0 Å². The van der Waals surface area contributed by atoms with E-state index in [-0.39, 0.29) is 0 Å². The maximum atomic E-state index is 6.07. The van der Waals surface area contributed by atoms with Crippen molar-refractivity contribution in [3.63, 3.8) is 0 Å². The predicted octanol–water partition coefficient (Wildman–Crippen LogP) is 4.33. The first-order chi connectivity index (χ1) is 10.8. The Morgan fingerprint density at radius 2 is 1.45 bits per heavy atom. The van der Waals surface area contributed by atoms with Crippen LogP contribution in [0.3, 0.4) is 0 Å². The molecular weight excluding hydrogens is 270 g/mol. The van der Waals surface area contributed by atoms with Gasteiger partial charge in [-0.05, 0) is 43.1 Å². The van der Waals surface area contributed by atoms with Crippen LogP contribution in [0.5, 0.6) is 5.75 Å². The highest BCUT2D eigenvalue weighted by atomic mass is 16.5. The molecule has 0 saturated carbocycles. The van der Waals surface area contributed by atoms with Crippen LogP contribution < -0.4 is 4.74 Å². The van der Waals surface area contributed by atoms with Crippen LogP contribution in [-0.4, -0.2) is 31.1 Å². The fourth-order valence-corrected chi connectivity index (χ4v) is 2.71. The quantitative estimate of drug-likeness (QED) is 0.778. The van der Waals surface area contributed by atoms with Crippen molar-refractivity contribution in [2.24, 2.45) is 0 Å². The Labute approximate surface area is 133 Å². The van der Waals surface area contributed by atoms with Crippen molar-refractivity contribution in [1.82, 2.24) is 4.90 Å². The number of ether oxygens (including phenoxy) is 1. The van der Waals surface area contributed by atoms with Crippen molar-refractivity contribution in [2.45, 2.75) is 18.9 Å². The number of hydrogen-bond acceptors (Lipinski definition) is 2. The summed E-state index contributed by atoms with van der Waals surface area (Å²) in [6.07, 6.45) is 6.86. The first kappa shape index (κ1) is 14.9. The SMILES string of the molecule is CN1CCC(Oc2ccc(/C=C/c3ccccc3)cc2)CC1. The van der Waals surface area contributed by atoms with E-state index >= 15 is 0 Å². The number of piperidine rings is 1. The monoisotopic (exact) mass is 293 g/mol. The maximum absolute atomic E-state index is 6.07. The van der Waals surface area contributed by atoms with E-state index in [0.29, 0.717) is 6.10 Å². The zero-order valence-corrected chi connectivity index (χ0v) is 13.1. The molecule has 0 N–H and O–H groups in total. The van der Waals surface area contributed by atoms with E-state index in [1.165, 1.54) is 11.1 Å². The minimum Gasteiger partial charge on any atom is -0.490 e. The van der Waals surface area contributed by atoms with Crippen molar-refractivity contribution in [1.29, 1.82) is 0 Å². The topological polar surface area (TPSA) is 12.5 Å². The maximum Gasteiger partial charge on any atom is 0.119 e. The molecule has 2 heteroatoms. The Bertz CT molecular complexity index is 595. The number of likely N-dealkylation sites (tertiary alicyclic amines) is 1. The first-order valence-electron chi connectivity index (χ1n) is 7.98. The molecule has 0 spiro atoms. The molecule has 1 fully saturated rings. The van der Waals surface area contributed by atoms with Crippen molar-refractivity contribution in [3.05, 3.63) is 65.7 Å². The highest BCUT2D eigenvalue weighted by Crippen LogP contribution is 2.20. The van der Waals surface area contributed by atoms with Gasteiger partial charge in [0.25, 0.3) is 0 Å². The molecule has 1 aliphatic rings. The summed E-state index contributed by atoms with van der Waals surface area (Å²) in [6.45, 7) is 2.26. The number of rotatable bonds is 4. The van der Waals surface area contributed by atoms with Gasteiger partial charge in [0.1, 0.15) is 11.9 Å². The summed E-state index contributed by atoms with van der Waals surface area (Å²) in [5.41, 5.74) is 2.41. The predicted molar refractivity (Wildman–Crippen MR) is 93.0 cm³/mol. The minimum atomic E-state index is 0.363. The van der Waals surface area contributed by atoms with Gasteiger partial charge in [0.15, 0.2) is 0 Å². The van der Waals surface area contributed by atoms with Gasteiger partial charge in [0.2, 0.25) is 0 Å². The highest BCUT2D eigenvalue weighted by Gasteiger charge is 2.17. The Morgan fingerprint density at radius 1 is 0.864 bits per heavy atom. The third-order valence-electron chi connectivity index (χ3n) is 4.12. The zero-order chi connectivity index (χ0) is 15.2. The summed E-state index contributed by atoms with van der Waals surface area (Å²) in [4.78, 5) is 2.36. The molecule has 1 heterocycles. The van der Waals surface area contributed by atoms with Gasteiger partial charge < -0.3 is 9.64 Å². The van der Waals surface area contributed by atoms with Gasteiger partial charge in [0, 0.05) is 13.1 Å². The van der Waals surface area contributed by atoms with Gasteiger partial charge in [0.05, 0.1) is 0 Å². The second-order valence-electron chi connectivity index (χ2n) is 5.93. The van der Waals surface area contributed by atoms with E-state index in [4.69, 9.17) is 4.74 Å². The van der Waals surface area contributed by atoms with Crippen LogP contribution >= 0.6 is 0 Å². The van der Waals surface area contributed by atoms with Gasteiger partial charge >= 0.3 is 0 Å². The van der Waals surface area contributed by atoms with E-state index in [1.807, 2.05) is 6.07 Å². The molecule has 0 bridgehead atoms. The molecule has 0 aliphatic carbocycles. The lowest BCUT2D eigenvalue weighted by molar-refractivity contribution is 0.114. The number of nitrogens with zero attached hydrogens (tertiary/aromatic N) is 1. The van der Waals surface area contributed by atoms with Crippen LogP contribution in [-0.2, 0) is 0 Å². The average molecular weight is 293 g/mol. The van der Waals surface area contributed by atoms with Crippen LogP contribution in [0.4, 0.5) is 0 Å². The normalized spacial score (nSPS) is 17.0. The van der Waals surface area contributed by atoms with Gasteiger partial charge in [-0.25, -0.2) is 0 Å². The Balaban J connectivity index is 1.57. The van der Waals surface area contributed by atoms with Crippen LogP contribution in [0.2, 0.25) is 0 Å². The zero-order valence-electron chi connectivity index (χ0n) is 13.1. The smallest absolute Gasteiger partial charge is 0.119 e. The Kier molecular flexibility index (Phi) is 4.92. The highest BCUT2D eigenvalue weighted by molar-refractivity contribution is 5.69. The molecule has 1 aliphatic heterocycles. The van der Waals surface area contributed by atoms with Crippen molar-refractivity contribution >= 4 is 12.2 Å². The minimum absolute atomic E-state index is 0.363. The summed E-state index contributed by atoms with van der Waals surface area (Å²) < 4.78 is 6.07. The lowest BCUT2D eigenvalue weighted by Crippen LogP contribution is -2.35. The molecule has 22 heavy (non-hydrogen) atoms. The molecule has 1 saturated heterocycles.